The minimum atomic E-state index is -1.30. The first-order valence-corrected chi connectivity index (χ1v) is 25.8. The van der Waals surface area contributed by atoms with E-state index in [1.165, 1.54) is 19.3 Å². The Balaban J connectivity index is 1.64. The van der Waals surface area contributed by atoms with Crippen LogP contribution < -0.4 is 15.5 Å². The molecule has 3 aromatic rings. The second-order valence-electron chi connectivity index (χ2n) is 16.4. The molecule has 2 bridgehead atoms. The van der Waals surface area contributed by atoms with Crippen LogP contribution in [0.5, 0.6) is 0 Å². The van der Waals surface area contributed by atoms with Crippen LogP contribution in [-0.2, 0) is 14.2 Å². The molecule has 3 atom stereocenters. The van der Waals surface area contributed by atoms with Gasteiger partial charge in [-0.1, -0.05) is 58.7 Å². The van der Waals surface area contributed by atoms with Gasteiger partial charge in [0.25, 0.3) is 0 Å². The summed E-state index contributed by atoms with van der Waals surface area (Å²) in [6, 6.07) is 5.56. The van der Waals surface area contributed by atoms with Crippen LogP contribution in [0.4, 0.5) is 16.4 Å². The zero-order chi connectivity index (χ0) is 36.1. The number of fused-ring (bicyclic) bond motifs is 3. The summed E-state index contributed by atoms with van der Waals surface area (Å²) in [4.78, 5) is 24.1. The number of aromatic nitrogens is 4. The molecule has 1 unspecified atom stereocenters. The molecule has 3 heterocycles. The van der Waals surface area contributed by atoms with Crippen LogP contribution in [0.15, 0.2) is 31.1 Å². The number of rotatable bonds is 17. The van der Waals surface area contributed by atoms with E-state index >= 15 is 0 Å². The normalized spacial score (nSPS) is 19.1. The van der Waals surface area contributed by atoms with Gasteiger partial charge in [-0.05, 0) is 62.2 Å². The minimum absolute atomic E-state index is 0.277. The number of carbonyl (C=O) groups is 1. The van der Waals surface area contributed by atoms with E-state index in [0.29, 0.717) is 56.7 Å². The van der Waals surface area contributed by atoms with Gasteiger partial charge in [0, 0.05) is 59.7 Å². The summed E-state index contributed by atoms with van der Waals surface area (Å²) in [7, 11) is -1.02. The Hall–Kier alpha value is -3.27. The highest BCUT2D eigenvalue weighted by Gasteiger charge is 2.38. The van der Waals surface area contributed by atoms with Crippen molar-refractivity contribution in [2.75, 3.05) is 50.5 Å². The number of anilines is 2. The Labute approximate surface area is 300 Å². The Morgan fingerprint density at radius 2 is 1.62 bits per heavy atom. The van der Waals surface area contributed by atoms with Gasteiger partial charge < -0.3 is 24.4 Å². The van der Waals surface area contributed by atoms with Gasteiger partial charge >= 0.3 is 6.03 Å². The second kappa shape index (κ2) is 16.4. The van der Waals surface area contributed by atoms with Crippen LogP contribution in [0.25, 0.3) is 22.5 Å². The lowest BCUT2D eigenvalue weighted by molar-refractivity contribution is 0.0941. The van der Waals surface area contributed by atoms with Crippen LogP contribution in [0.2, 0.25) is 51.4 Å². The molecule has 50 heavy (non-hydrogen) atoms. The molecule has 2 aliphatic rings. The van der Waals surface area contributed by atoms with Gasteiger partial charge in [0.15, 0.2) is 5.65 Å². The van der Waals surface area contributed by atoms with Crippen molar-refractivity contribution in [2.45, 2.75) is 96.3 Å². The van der Waals surface area contributed by atoms with Crippen LogP contribution in [0.3, 0.4) is 0 Å². The molecule has 2 N–H and O–H groups in total. The minimum Gasteiger partial charge on any atom is -0.494 e. The lowest BCUT2D eigenvalue weighted by Gasteiger charge is -2.33. The van der Waals surface area contributed by atoms with E-state index in [1.54, 1.807) is 19.3 Å². The molecule has 0 aliphatic heterocycles. The van der Waals surface area contributed by atoms with Gasteiger partial charge in [-0.15, -0.1) is 0 Å². The molecule has 0 radical (unpaired) electrons. The second-order valence-corrected chi connectivity index (χ2v) is 27.7. The standard InChI is InChI=1S/C37H59N7O4Si2/c1-10-48-26(2)33-34(30-20-27-11-12-28(19-27)21-30)42-35-31(29-13-14-32(39-22-29)41-37(45)38-3)23-40-44(35)36(33)43(24-46-15-17-49(4,5)6)25-47-16-18-50(7,8)9/h13-14,22-23,27-28,30H,2,10-12,15-21,24-25H2,1,3-9H3,(H2,38,39,41,45)/t27-,28+,30?. The monoisotopic (exact) mass is 721 g/mol. The maximum Gasteiger partial charge on any atom is 0.320 e. The fourth-order valence-electron chi connectivity index (χ4n) is 7.10. The lowest BCUT2D eigenvalue weighted by atomic mass is 9.78. The molecule has 3 aromatic heterocycles. The topological polar surface area (TPSA) is 115 Å². The predicted octanol–water partition coefficient (Wildman–Crippen LogP) is 8.27. The molecule has 2 aliphatic carbocycles. The molecular weight excluding hydrogens is 663 g/mol. The lowest BCUT2D eigenvalue weighted by Crippen LogP contribution is -2.34. The fourth-order valence-corrected chi connectivity index (χ4v) is 8.62. The van der Waals surface area contributed by atoms with E-state index in [0.717, 1.165) is 58.8 Å². The maximum absolute atomic E-state index is 11.9. The van der Waals surface area contributed by atoms with Crippen molar-refractivity contribution in [3.63, 3.8) is 0 Å². The summed E-state index contributed by atoms with van der Waals surface area (Å²) in [6.07, 6.45) is 9.72. The van der Waals surface area contributed by atoms with Gasteiger partial charge in [-0.3, -0.25) is 5.32 Å². The van der Waals surface area contributed by atoms with E-state index < -0.39 is 16.1 Å². The summed E-state index contributed by atoms with van der Waals surface area (Å²) >= 11 is 0. The Kier molecular flexibility index (Phi) is 12.4. The molecule has 2 fully saturated rings. The van der Waals surface area contributed by atoms with Crippen molar-refractivity contribution >= 4 is 45.2 Å². The van der Waals surface area contributed by atoms with Crippen molar-refractivity contribution in [1.82, 2.24) is 24.9 Å². The van der Waals surface area contributed by atoms with Gasteiger partial charge in [-0.2, -0.15) is 9.61 Å². The molecule has 2 saturated carbocycles. The SMILES string of the molecule is C=C(OCC)c1c(C2C[C@H]3CC[C@@H](C2)C3)nc2c(-c3ccc(NC(=O)NC)nc3)cnn2c1N(COCC[Si](C)(C)C)COCC[Si](C)(C)C. The number of amides is 2. The summed E-state index contributed by atoms with van der Waals surface area (Å²) in [5.41, 5.74) is 4.37. The fraction of sp³-hybridized carbons (Fsp3) is 0.622. The van der Waals surface area contributed by atoms with Crippen LogP contribution in [0.1, 0.15) is 56.2 Å². The Morgan fingerprint density at radius 1 is 0.980 bits per heavy atom. The molecule has 11 nitrogen and oxygen atoms in total. The van der Waals surface area contributed by atoms with E-state index in [2.05, 4.69) is 66.4 Å². The Morgan fingerprint density at radius 3 is 2.16 bits per heavy atom. The smallest absolute Gasteiger partial charge is 0.320 e. The third kappa shape index (κ3) is 9.74. The number of hydrogen-bond donors (Lipinski definition) is 2. The van der Waals surface area contributed by atoms with Crippen LogP contribution in [0, 0.1) is 11.8 Å². The van der Waals surface area contributed by atoms with E-state index in [-0.39, 0.29) is 11.9 Å². The highest BCUT2D eigenvalue weighted by Crippen LogP contribution is 2.50. The summed E-state index contributed by atoms with van der Waals surface area (Å²) < 4.78 is 21.0. The average Bonchev–Trinajstić information content (AvgIpc) is 3.64. The Bertz CT molecular complexity index is 1580. The first kappa shape index (κ1) is 38.0. The predicted molar refractivity (Wildman–Crippen MR) is 208 cm³/mol. The molecule has 274 valence electrons. The van der Waals surface area contributed by atoms with Crippen molar-refractivity contribution < 1.29 is 19.0 Å². The highest BCUT2D eigenvalue weighted by atomic mass is 28.3. The van der Waals surface area contributed by atoms with Gasteiger partial charge in [0.2, 0.25) is 0 Å². The van der Waals surface area contributed by atoms with Gasteiger partial charge in [-0.25, -0.2) is 14.8 Å². The van der Waals surface area contributed by atoms with E-state index in [4.69, 9.17) is 24.3 Å². The van der Waals surface area contributed by atoms with E-state index in [9.17, 15) is 4.79 Å². The average molecular weight is 722 g/mol. The molecule has 2 amide bonds. The van der Waals surface area contributed by atoms with Crippen molar-refractivity contribution in [1.29, 1.82) is 0 Å². The first-order valence-electron chi connectivity index (χ1n) is 18.4. The number of urea groups is 1. The molecule has 0 spiro atoms. The number of nitrogens with one attached hydrogen (secondary N) is 2. The third-order valence-electron chi connectivity index (χ3n) is 9.85. The first-order chi connectivity index (χ1) is 23.8. The number of ether oxygens (including phenoxy) is 3. The molecular formula is C37H59N7O4Si2. The zero-order valence-corrected chi connectivity index (χ0v) is 33.6. The summed E-state index contributed by atoms with van der Waals surface area (Å²) in [6.45, 7) is 23.3. The summed E-state index contributed by atoms with van der Waals surface area (Å²) in [5.74, 6) is 3.60. The quantitative estimate of drug-likeness (QED) is 0.0620. The van der Waals surface area contributed by atoms with Gasteiger partial charge in [0.1, 0.15) is 30.9 Å². The zero-order valence-electron chi connectivity index (χ0n) is 31.6. The third-order valence-corrected chi connectivity index (χ3v) is 13.3. The number of carbonyl (C=O) groups excluding carboxylic acids is 1. The maximum atomic E-state index is 11.9. The van der Waals surface area contributed by atoms with Crippen molar-refractivity contribution in [3.8, 4) is 11.1 Å². The summed E-state index contributed by atoms with van der Waals surface area (Å²) in [5, 5.41) is 10.3. The van der Waals surface area contributed by atoms with Crippen molar-refractivity contribution in [2.24, 2.45) is 11.8 Å². The van der Waals surface area contributed by atoms with Crippen molar-refractivity contribution in [3.05, 3.63) is 42.4 Å². The molecule has 0 saturated heterocycles. The molecule has 13 heteroatoms. The molecule has 5 rings (SSSR count). The number of hydrogen-bond acceptors (Lipinski definition) is 8. The molecule has 0 aromatic carbocycles. The largest absolute Gasteiger partial charge is 0.494 e. The number of pyridine rings is 1. The highest BCUT2D eigenvalue weighted by molar-refractivity contribution is 6.76. The van der Waals surface area contributed by atoms with Crippen LogP contribution in [-0.4, -0.2) is 82.1 Å². The van der Waals surface area contributed by atoms with E-state index in [1.807, 2.05) is 23.7 Å². The van der Waals surface area contributed by atoms with Gasteiger partial charge in [0.05, 0.1) is 24.1 Å². The van der Waals surface area contributed by atoms with Crippen LogP contribution >= 0.6 is 0 Å². The number of nitrogens with zero attached hydrogens (tertiary/aromatic N) is 5.